The van der Waals surface area contributed by atoms with E-state index in [9.17, 15) is 4.79 Å². The molecule has 0 bridgehead atoms. The number of esters is 1. The third-order valence-electron chi connectivity index (χ3n) is 3.46. The molecule has 2 aromatic rings. The fourth-order valence-corrected chi connectivity index (χ4v) is 2.39. The first-order chi connectivity index (χ1) is 9.71. The van der Waals surface area contributed by atoms with Gasteiger partial charge < -0.3 is 14.8 Å². The first kappa shape index (κ1) is 14.3. The zero-order chi connectivity index (χ0) is 14.5. The summed E-state index contributed by atoms with van der Waals surface area (Å²) in [5.74, 6) is 0.599. The van der Waals surface area contributed by atoms with Crippen molar-refractivity contribution in [1.29, 1.82) is 0 Å². The molecule has 4 heteroatoms. The Balaban J connectivity index is 2.50. The SMILES string of the molecule is CNC(CC(=O)OC)c1ccc(OC)c2ccccc12. The number of methoxy groups -OCH3 is 2. The van der Waals surface area contributed by atoms with E-state index in [1.165, 1.54) is 7.11 Å². The molecule has 1 unspecified atom stereocenters. The molecule has 0 spiro atoms. The van der Waals surface area contributed by atoms with E-state index in [1.54, 1.807) is 7.11 Å². The minimum absolute atomic E-state index is 0.0849. The normalized spacial score (nSPS) is 12.2. The molecule has 0 aromatic heterocycles. The van der Waals surface area contributed by atoms with Crippen molar-refractivity contribution >= 4 is 16.7 Å². The van der Waals surface area contributed by atoms with Gasteiger partial charge in [-0.25, -0.2) is 0 Å². The first-order valence-electron chi connectivity index (χ1n) is 6.51. The number of hydrogen-bond donors (Lipinski definition) is 1. The molecule has 106 valence electrons. The smallest absolute Gasteiger partial charge is 0.307 e. The molecule has 2 aromatic carbocycles. The van der Waals surface area contributed by atoms with Crippen molar-refractivity contribution in [3.8, 4) is 5.75 Å². The molecule has 0 saturated carbocycles. The van der Waals surface area contributed by atoms with E-state index in [1.807, 2.05) is 43.4 Å². The van der Waals surface area contributed by atoms with Gasteiger partial charge in [-0.2, -0.15) is 0 Å². The lowest BCUT2D eigenvalue weighted by Crippen LogP contribution is -2.21. The van der Waals surface area contributed by atoms with Crippen molar-refractivity contribution in [2.75, 3.05) is 21.3 Å². The zero-order valence-electron chi connectivity index (χ0n) is 12.0. The Labute approximate surface area is 118 Å². The molecule has 2 rings (SSSR count). The number of benzene rings is 2. The molecule has 0 amide bonds. The van der Waals surface area contributed by atoms with E-state index in [-0.39, 0.29) is 12.0 Å². The highest BCUT2D eigenvalue weighted by Crippen LogP contribution is 2.32. The number of nitrogens with one attached hydrogen (secondary N) is 1. The first-order valence-corrected chi connectivity index (χ1v) is 6.51. The van der Waals surface area contributed by atoms with Crippen molar-refractivity contribution in [2.45, 2.75) is 12.5 Å². The predicted octanol–water partition coefficient (Wildman–Crippen LogP) is 2.67. The molecular formula is C16H19NO3. The molecule has 0 aliphatic heterocycles. The number of fused-ring (bicyclic) bond motifs is 1. The van der Waals surface area contributed by atoms with E-state index in [0.29, 0.717) is 6.42 Å². The van der Waals surface area contributed by atoms with Gasteiger partial charge in [-0.1, -0.05) is 30.3 Å². The minimum Gasteiger partial charge on any atom is -0.496 e. The third kappa shape index (κ3) is 2.75. The summed E-state index contributed by atoms with van der Waals surface area (Å²) in [7, 11) is 4.90. The van der Waals surface area contributed by atoms with Crippen LogP contribution in [0.4, 0.5) is 0 Å². The van der Waals surface area contributed by atoms with Crippen LogP contribution in [0.2, 0.25) is 0 Å². The minimum atomic E-state index is -0.232. The Kier molecular flexibility index (Phi) is 4.58. The summed E-state index contributed by atoms with van der Waals surface area (Å²) in [5.41, 5.74) is 1.06. The number of rotatable bonds is 5. The molecule has 0 radical (unpaired) electrons. The lowest BCUT2D eigenvalue weighted by Gasteiger charge is -2.18. The second-order valence-corrected chi connectivity index (χ2v) is 4.52. The zero-order valence-corrected chi connectivity index (χ0v) is 12.0. The predicted molar refractivity (Wildman–Crippen MR) is 78.9 cm³/mol. The molecule has 0 saturated heterocycles. The standard InChI is InChI=1S/C16H19NO3/c1-17-14(10-16(18)20-3)12-8-9-15(19-2)13-7-5-4-6-11(12)13/h4-9,14,17H,10H2,1-3H3. The van der Waals surface area contributed by atoms with Crippen LogP contribution in [0.25, 0.3) is 10.8 Å². The molecular weight excluding hydrogens is 254 g/mol. The highest BCUT2D eigenvalue weighted by atomic mass is 16.5. The summed E-state index contributed by atoms with van der Waals surface area (Å²) >= 11 is 0. The highest BCUT2D eigenvalue weighted by Gasteiger charge is 2.18. The van der Waals surface area contributed by atoms with Crippen LogP contribution in [0.15, 0.2) is 36.4 Å². The molecule has 1 N–H and O–H groups in total. The van der Waals surface area contributed by atoms with Gasteiger partial charge in [0.15, 0.2) is 0 Å². The van der Waals surface area contributed by atoms with Crippen LogP contribution < -0.4 is 10.1 Å². The maximum atomic E-state index is 11.5. The van der Waals surface area contributed by atoms with Crippen LogP contribution in [0.5, 0.6) is 5.75 Å². The Morgan fingerprint density at radius 1 is 1.15 bits per heavy atom. The molecule has 0 aliphatic carbocycles. The van der Waals surface area contributed by atoms with E-state index in [0.717, 1.165) is 22.1 Å². The lowest BCUT2D eigenvalue weighted by atomic mass is 9.96. The van der Waals surface area contributed by atoms with Gasteiger partial charge in [0.2, 0.25) is 0 Å². The highest BCUT2D eigenvalue weighted by molar-refractivity contribution is 5.91. The Morgan fingerprint density at radius 2 is 1.85 bits per heavy atom. The van der Waals surface area contributed by atoms with Gasteiger partial charge in [0.25, 0.3) is 0 Å². The Morgan fingerprint density at radius 3 is 2.45 bits per heavy atom. The van der Waals surface area contributed by atoms with Gasteiger partial charge in [0.05, 0.1) is 20.6 Å². The Hall–Kier alpha value is -2.07. The monoisotopic (exact) mass is 273 g/mol. The van der Waals surface area contributed by atoms with Crippen molar-refractivity contribution < 1.29 is 14.3 Å². The van der Waals surface area contributed by atoms with Gasteiger partial charge in [0, 0.05) is 11.4 Å². The fraction of sp³-hybridized carbons (Fsp3) is 0.312. The summed E-state index contributed by atoms with van der Waals surface area (Å²) < 4.78 is 10.1. The van der Waals surface area contributed by atoms with Gasteiger partial charge in [-0.15, -0.1) is 0 Å². The molecule has 20 heavy (non-hydrogen) atoms. The second-order valence-electron chi connectivity index (χ2n) is 4.52. The van der Waals surface area contributed by atoms with Crippen molar-refractivity contribution in [3.63, 3.8) is 0 Å². The molecule has 4 nitrogen and oxygen atoms in total. The molecule has 0 fully saturated rings. The van der Waals surface area contributed by atoms with Crippen molar-refractivity contribution in [2.24, 2.45) is 0 Å². The molecule has 0 aliphatic rings. The lowest BCUT2D eigenvalue weighted by molar-refractivity contribution is -0.141. The second kappa shape index (κ2) is 6.39. The van der Waals surface area contributed by atoms with Gasteiger partial charge >= 0.3 is 5.97 Å². The van der Waals surface area contributed by atoms with Gasteiger partial charge in [-0.05, 0) is 24.1 Å². The van der Waals surface area contributed by atoms with E-state index in [2.05, 4.69) is 5.32 Å². The summed E-state index contributed by atoms with van der Waals surface area (Å²) in [4.78, 5) is 11.5. The van der Waals surface area contributed by atoms with E-state index >= 15 is 0 Å². The van der Waals surface area contributed by atoms with Crippen LogP contribution in [0.3, 0.4) is 0 Å². The van der Waals surface area contributed by atoms with Crippen LogP contribution in [-0.2, 0) is 9.53 Å². The Bertz CT molecular complexity index is 610. The largest absolute Gasteiger partial charge is 0.496 e. The number of carbonyl (C=O) groups excluding carboxylic acids is 1. The summed E-state index contributed by atoms with van der Waals surface area (Å²) in [6, 6.07) is 11.8. The molecule has 1 atom stereocenters. The average Bonchev–Trinajstić information content (AvgIpc) is 2.51. The van der Waals surface area contributed by atoms with Crippen LogP contribution in [0, 0.1) is 0 Å². The third-order valence-corrected chi connectivity index (χ3v) is 3.46. The topological polar surface area (TPSA) is 47.6 Å². The van der Waals surface area contributed by atoms with Crippen LogP contribution >= 0.6 is 0 Å². The van der Waals surface area contributed by atoms with Crippen LogP contribution in [-0.4, -0.2) is 27.2 Å². The maximum absolute atomic E-state index is 11.5. The maximum Gasteiger partial charge on any atom is 0.307 e. The number of carbonyl (C=O) groups is 1. The summed E-state index contributed by atoms with van der Waals surface area (Å²) in [6.45, 7) is 0. The van der Waals surface area contributed by atoms with Gasteiger partial charge in [0.1, 0.15) is 5.75 Å². The number of hydrogen-bond acceptors (Lipinski definition) is 4. The fourth-order valence-electron chi connectivity index (χ4n) is 2.39. The van der Waals surface area contributed by atoms with Crippen molar-refractivity contribution in [1.82, 2.24) is 5.32 Å². The van der Waals surface area contributed by atoms with Crippen molar-refractivity contribution in [3.05, 3.63) is 42.0 Å². The van der Waals surface area contributed by atoms with E-state index < -0.39 is 0 Å². The quantitative estimate of drug-likeness (QED) is 0.851. The summed E-state index contributed by atoms with van der Waals surface area (Å²) in [6.07, 6.45) is 0.295. The van der Waals surface area contributed by atoms with Gasteiger partial charge in [-0.3, -0.25) is 4.79 Å². The van der Waals surface area contributed by atoms with Crippen LogP contribution in [0.1, 0.15) is 18.0 Å². The summed E-state index contributed by atoms with van der Waals surface area (Å²) in [5, 5.41) is 5.29. The number of ether oxygens (including phenoxy) is 2. The average molecular weight is 273 g/mol. The van der Waals surface area contributed by atoms with E-state index in [4.69, 9.17) is 9.47 Å². The molecule has 0 heterocycles.